The number of hydrogen-bond acceptors (Lipinski definition) is 2. The van der Waals surface area contributed by atoms with Crippen LogP contribution in [0.15, 0.2) is 16.6 Å². The lowest BCUT2D eigenvalue weighted by molar-refractivity contribution is 0.175. The van der Waals surface area contributed by atoms with Crippen molar-refractivity contribution in [3.63, 3.8) is 0 Å². The Kier molecular flexibility index (Phi) is 3.76. The molecular weight excluding hydrogens is 310 g/mol. The minimum absolute atomic E-state index is 0.134. The fourth-order valence-electron chi connectivity index (χ4n) is 2.71. The molecule has 1 aromatic rings. The number of amides is 1. The Labute approximate surface area is 121 Å². The number of hydrogen-bond donors (Lipinski definition) is 2. The van der Waals surface area contributed by atoms with Gasteiger partial charge in [0, 0.05) is 0 Å². The monoisotopic (exact) mass is 327 g/mol. The first kappa shape index (κ1) is 14.2. The highest BCUT2D eigenvalue weighted by Crippen LogP contribution is 2.47. The summed E-state index contributed by atoms with van der Waals surface area (Å²) in [4.78, 5) is 11.0. The summed E-state index contributed by atoms with van der Waals surface area (Å²) in [5.41, 5.74) is 2.04. The van der Waals surface area contributed by atoms with Crippen molar-refractivity contribution in [2.24, 2.45) is 5.41 Å². The van der Waals surface area contributed by atoms with Gasteiger partial charge in [0.2, 0.25) is 0 Å². The van der Waals surface area contributed by atoms with Crippen LogP contribution < -0.4 is 10.1 Å². The Balaban J connectivity index is 2.44. The number of ether oxygens (including phenoxy) is 1. The molecule has 0 spiro atoms. The second-order valence-electron chi connectivity index (χ2n) is 5.46. The number of rotatable bonds is 3. The van der Waals surface area contributed by atoms with Crippen molar-refractivity contribution < 1.29 is 14.6 Å². The first-order valence-corrected chi connectivity index (χ1v) is 7.09. The van der Waals surface area contributed by atoms with E-state index in [1.54, 1.807) is 0 Å². The van der Waals surface area contributed by atoms with Crippen LogP contribution in [0.5, 0.6) is 5.75 Å². The van der Waals surface area contributed by atoms with Crippen LogP contribution >= 0.6 is 15.9 Å². The second-order valence-corrected chi connectivity index (χ2v) is 6.32. The molecule has 1 aliphatic carbocycles. The largest absolute Gasteiger partial charge is 0.493 e. The molecule has 4 nitrogen and oxygen atoms in total. The molecule has 0 saturated carbocycles. The number of carboxylic acid groups (broad SMARTS) is 1. The second kappa shape index (κ2) is 5.04. The zero-order valence-corrected chi connectivity index (χ0v) is 12.9. The Morgan fingerprint density at radius 3 is 2.84 bits per heavy atom. The van der Waals surface area contributed by atoms with Gasteiger partial charge in [0.15, 0.2) is 0 Å². The number of nitrogens with one attached hydrogen (secondary N) is 1. The smallest absolute Gasteiger partial charge is 0.405 e. The third-order valence-electron chi connectivity index (χ3n) is 3.50. The standard InChI is InChI=1S/C14H18BrNO3/c1-4-19-11-6-9-8(5-10(11)15)7-14(2,3)12(9)16-13(17)18/h5-6,12,16H,4,7H2,1-3H3,(H,17,18)/t12-/m0/s1. The third-order valence-corrected chi connectivity index (χ3v) is 4.12. The molecule has 0 aliphatic heterocycles. The van der Waals surface area contributed by atoms with Gasteiger partial charge in [0.05, 0.1) is 17.1 Å². The van der Waals surface area contributed by atoms with Gasteiger partial charge >= 0.3 is 6.09 Å². The van der Waals surface area contributed by atoms with E-state index in [1.165, 1.54) is 5.56 Å². The zero-order valence-electron chi connectivity index (χ0n) is 11.3. The van der Waals surface area contributed by atoms with E-state index in [1.807, 2.05) is 19.1 Å². The van der Waals surface area contributed by atoms with E-state index in [4.69, 9.17) is 9.84 Å². The van der Waals surface area contributed by atoms with Crippen molar-refractivity contribution in [1.29, 1.82) is 0 Å². The fourth-order valence-corrected chi connectivity index (χ4v) is 3.21. The highest BCUT2D eigenvalue weighted by atomic mass is 79.9. The Morgan fingerprint density at radius 2 is 2.26 bits per heavy atom. The summed E-state index contributed by atoms with van der Waals surface area (Å²) >= 11 is 3.50. The van der Waals surface area contributed by atoms with E-state index in [2.05, 4.69) is 35.1 Å². The predicted molar refractivity (Wildman–Crippen MR) is 76.7 cm³/mol. The number of fused-ring (bicyclic) bond motifs is 1. The van der Waals surface area contributed by atoms with Crippen LogP contribution in [-0.2, 0) is 6.42 Å². The minimum Gasteiger partial charge on any atom is -0.493 e. The molecule has 0 aromatic heterocycles. The van der Waals surface area contributed by atoms with Crippen molar-refractivity contribution in [2.75, 3.05) is 6.61 Å². The Bertz CT molecular complexity index is 514. The van der Waals surface area contributed by atoms with Crippen LogP contribution in [0.3, 0.4) is 0 Å². The highest BCUT2D eigenvalue weighted by Gasteiger charge is 2.40. The maximum Gasteiger partial charge on any atom is 0.405 e. The van der Waals surface area contributed by atoms with E-state index in [0.717, 1.165) is 22.2 Å². The van der Waals surface area contributed by atoms with Crippen LogP contribution in [0.25, 0.3) is 0 Å². The van der Waals surface area contributed by atoms with E-state index < -0.39 is 6.09 Å². The average Bonchev–Trinajstić information content (AvgIpc) is 2.51. The van der Waals surface area contributed by atoms with Crippen LogP contribution in [0.2, 0.25) is 0 Å². The maximum absolute atomic E-state index is 11.0. The van der Waals surface area contributed by atoms with Gasteiger partial charge in [-0.3, -0.25) is 0 Å². The molecule has 1 aromatic carbocycles. The summed E-state index contributed by atoms with van der Waals surface area (Å²) < 4.78 is 6.48. The first-order valence-electron chi connectivity index (χ1n) is 6.29. The Morgan fingerprint density at radius 1 is 1.58 bits per heavy atom. The van der Waals surface area contributed by atoms with Crippen LogP contribution in [-0.4, -0.2) is 17.8 Å². The molecule has 0 heterocycles. The van der Waals surface area contributed by atoms with E-state index in [0.29, 0.717) is 6.61 Å². The topological polar surface area (TPSA) is 58.6 Å². The van der Waals surface area contributed by atoms with E-state index in [9.17, 15) is 4.79 Å². The van der Waals surface area contributed by atoms with Gasteiger partial charge in [-0.25, -0.2) is 4.79 Å². The molecule has 0 radical (unpaired) electrons. The molecule has 0 bridgehead atoms. The average molecular weight is 328 g/mol. The van der Waals surface area contributed by atoms with Gasteiger partial charge in [-0.2, -0.15) is 0 Å². The predicted octanol–water partition coefficient (Wildman–Crippen LogP) is 3.74. The third kappa shape index (κ3) is 2.71. The number of benzene rings is 1. The Hall–Kier alpha value is -1.23. The fraction of sp³-hybridized carbons (Fsp3) is 0.500. The van der Waals surface area contributed by atoms with E-state index in [-0.39, 0.29) is 11.5 Å². The summed E-state index contributed by atoms with van der Waals surface area (Å²) in [5, 5.41) is 11.6. The van der Waals surface area contributed by atoms with Gasteiger partial charge in [0.25, 0.3) is 0 Å². The first-order chi connectivity index (χ1) is 8.85. The van der Waals surface area contributed by atoms with Gasteiger partial charge < -0.3 is 15.2 Å². The molecule has 1 amide bonds. The van der Waals surface area contributed by atoms with Crippen molar-refractivity contribution in [3.8, 4) is 5.75 Å². The molecule has 2 rings (SSSR count). The van der Waals surface area contributed by atoms with Gasteiger partial charge in [0.1, 0.15) is 5.75 Å². The summed E-state index contributed by atoms with van der Waals surface area (Å²) in [7, 11) is 0. The maximum atomic E-state index is 11.0. The van der Waals surface area contributed by atoms with Gasteiger partial charge in [-0.15, -0.1) is 0 Å². The molecule has 19 heavy (non-hydrogen) atoms. The molecule has 1 atom stereocenters. The lowest BCUT2D eigenvalue weighted by Gasteiger charge is -2.27. The number of carbonyl (C=O) groups is 1. The highest BCUT2D eigenvalue weighted by molar-refractivity contribution is 9.10. The lowest BCUT2D eigenvalue weighted by atomic mass is 9.85. The van der Waals surface area contributed by atoms with Crippen molar-refractivity contribution in [1.82, 2.24) is 5.32 Å². The molecule has 104 valence electrons. The SMILES string of the molecule is CCOc1cc2c(cc1Br)CC(C)(C)[C@H]2NC(=O)O. The molecule has 0 fully saturated rings. The quantitative estimate of drug-likeness (QED) is 0.889. The van der Waals surface area contributed by atoms with Gasteiger partial charge in [-0.05, 0) is 57.9 Å². The molecule has 2 N–H and O–H groups in total. The summed E-state index contributed by atoms with van der Waals surface area (Å²) in [6.07, 6.45) is -0.148. The molecular formula is C14H18BrNO3. The van der Waals surface area contributed by atoms with Crippen LogP contribution in [0, 0.1) is 5.41 Å². The molecule has 1 aliphatic rings. The molecule has 5 heteroatoms. The van der Waals surface area contributed by atoms with Crippen LogP contribution in [0.4, 0.5) is 4.79 Å². The van der Waals surface area contributed by atoms with E-state index >= 15 is 0 Å². The zero-order chi connectivity index (χ0) is 14.2. The van der Waals surface area contributed by atoms with Crippen molar-refractivity contribution in [2.45, 2.75) is 33.2 Å². The summed E-state index contributed by atoms with van der Waals surface area (Å²) in [6, 6.07) is 3.77. The lowest BCUT2D eigenvalue weighted by Crippen LogP contribution is -2.34. The van der Waals surface area contributed by atoms with Crippen molar-refractivity contribution >= 4 is 22.0 Å². The minimum atomic E-state index is -0.994. The summed E-state index contributed by atoms with van der Waals surface area (Å²) in [5.74, 6) is 0.760. The normalized spacial score (nSPS) is 19.9. The molecule has 0 saturated heterocycles. The summed E-state index contributed by atoms with van der Waals surface area (Å²) in [6.45, 7) is 6.65. The molecule has 0 unspecified atom stereocenters. The number of halogens is 1. The van der Waals surface area contributed by atoms with Gasteiger partial charge in [-0.1, -0.05) is 13.8 Å². The van der Waals surface area contributed by atoms with Crippen molar-refractivity contribution in [3.05, 3.63) is 27.7 Å². The van der Waals surface area contributed by atoms with Crippen LogP contribution in [0.1, 0.15) is 37.9 Å².